The minimum Gasteiger partial charge on any atom is -0.460 e. The minimum atomic E-state index is -0.406. The second-order valence-corrected chi connectivity index (χ2v) is 6.84. The number of rotatable bonds is 3. The van der Waals surface area contributed by atoms with Crippen LogP contribution >= 0.6 is 24.0 Å². The van der Waals surface area contributed by atoms with Gasteiger partial charge in [-0.1, -0.05) is 0 Å². The standard InChI is InChI=1S/C15H27N3O2.HI/c1-15(2,3)20-13(19)12-7-8-18(10-12)14(16-4)17-9-11-5-6-11;/h11-12H,5-10H2,1-4H3,(H,16,17);1H. The number of ether oxygens (including phenoxy) is 1. The number of carbonyl (C=O) groups excluding carboxylic acids is 1. The SMILES string of the molecule is CN=C(NCC1CC1)N1CCC(C(=O)OC(C)(C)C)C1.I. The summed E-state index contributed by atoms with van der Waals surface area (Å²) in [6.07, 6.45) is 3.49. The maximum Gasteiger partial charge on any atom is 0.311 e. The first kappa shape index (κ1) is 18.5. The fourth-order valence-electron chi connectivity index (χ4n) is 2.42. The third kappa shape index (κ3) is 6.00. The first-order valence-electron chi connectivity index (χ1n) is 7.57. The molecular formula is C15H28IN3O2. The zero-order chi connectivity index (χ0) is 14.8. The monoisotopic (exact) mass is 409 g/mol. The number of nitrogens with one attached hydrogen (secondary N) is 1. The van der Waals surface area contributed by atoms with Crippen LogP contribution in [0.25, 0.3) is 0 Å². The number of guanidine groups is 1. The average molecular weight is 409 g/mol. The molecule has 0 aromatic carbocycles. The summed E-state index contributed by atoms with van der Waals surface area (Å²) >= 11 is 0. The molecule has 1 atom stereocenters. The number of carbonyl (C=O) groups is 1. The molecule has 1 heterocycles. The quantitative estimate of drug-likeness (QED) is 0.336. The van der Waals surface area contributed by atoms with Gasteiger partial charge in [-0.2, -0.15) is 0 Å². The van der Waals surface area contributed by atoms with Crippen LogP contribution in [0, 0.1) is 11.8 Å². The van der Waals surface area contributed by atoms with Gasteiger partial charge in [-0.25, -0.2) is 0 Å². The molecule has 1 aliphatic heterocycles. The fourth-order valence-corrected chi connectivity index (χ4v) is 2.42. The van der Waals surface area contributed by atoms with E-state index in [0.29, 0.717) is 6.54 Å². The number of likely N-dealkylation sites (tertiary alicyclic amines) is 1. The Bertz CT molecular complexity index is 389. The van der Waals surface area contributed by atoms with Gasteiger partial charge in [-0.05, 0) is 46.0 Å². The smallest absolute Gasteiger partial charge is 0.311 e. The molecule has 1 unspecified atom stereocenters. The Morgan fingerprint density at radius 1 is 1.33 bits per heavy atom. The Morgan fingerprint density at radius 3 is 2.52 bits per heavy atom. The van der Waals surface area contributed by atoms with Crippen LogP contribution in [0.1, 0.15) is 40.0 Å². The molecule has 2 rings (SSSR count). The number of aliphatic imine (C=N–C) groups is 1. The van der Waals surface area contributed by atoms with Crippen molar-refractivity contribution in [3.8, 4) is 0 Å². The second-order valence-electron chi connectivity index (χ2n) is 6.84. The van der Waals surface area contributed by atoms with E-state index in [9.17, 15) is 4.79 Å². The molecule has 122 valence electrons. The third-order valence-corrected chi connectivity index (χ3v) is 3.69. The van der Waals surface area contributed by atoms with Gasteiger partial charge >= 0.3 is 5.97 Å². The molecule has 1 N–H and O–H groups in total. The van der Waals surface area contributed by atoms with E-state index in [2.05, 4.69) is 15.2 Å². The van der Waals surface area contributed by atoms with Gasteiger partial charge in [0, 0.05) is 26.7 Å². The minimum absolute atomic E-state index is 0. The van der Waals surface area contributed by atoms with Crippen LogP contribution in [0.2, 0.25) is 0 Å². The summed E-state index contributed by atoms with van der Waals surface area (Å²) in [6, 6.07) is 0. The lowest BCUT2D eigenvalue weighted by Gasteiger charge is -2.23. The molecule has 6 heteroatoms. The first-order valence-corrected chi connectivity index (χ1v) is 7.57. The molecule has 0 aromatic rings. The molecule has 5 nitrogen and oxygen atoms in total. The molecule has 21 heavy (non-hydrogen) atoms. The van der Waals surface area contributed by atoms with E-state index in [1.165, 1.54) is 12.8 Å². The number of halogens is 1. The van der Waals surface area contributed by atoms with Gasteiger partial charge in [-0.3, -0.25) is 9.79 Å². The maximum absolute atomic E-state index is 12.1. The van der Waals surface area contributed by atoms with Crippen LogP contribution in [-0.4, -0.2) is 49.1 Å². The molecule has 0 amide bonds. The topological polar surface area (TPSA) is 53.9 Å². The Labute approximate surface area is 144 Å². The Hall–Kier alpha value is -0.530. The van der Waals surface area contributed by atoms with Crippen LogP contribution in [0.3, 0.4) is 0 Å². The van der Waals surface area contributed by atoms with E-state index in [1.54, 1.807) is 7.05 Å². The summed E-state index contributed by atoms with van der Waals surface area (Å²) in [6.45, 7) is 8.31. The first-order chi connectivity index (χ1) is 9.39. The summed E-state index contributed by atoms with van der Waals surface area (Å²) in [5.41, 5.74) is -0.406. The Kier molecular flexibility index (Phi) is 6.74. The highest BCUT2D eigenvalue weighted by molar-refractivity contribution is 14.0. The van der Waals surface area contributed by atoms with Gasteiger partial charge in [0.25, 0.3) is 0 Å². The molecule has 1 saturated heterocycles. The summed E-state index contributed by atoms with van der Waals surface area (Å²) in [5, 5.41) is 3.40. The molecule has 1 aliphatic carbocycles. The average Bonchev–Trinajstić information content (AvgIpc) is 3.03. The van der Waals surface area contributed by atoms with Gasteiger partial charge in [-0.15, -0.1) is 24.0 Å². The van der Waals surface area contributed by atoms with E-state index >= 15 is 0 Å². The largest absolute Gasteiger partial charge is 0.460 e. The van der Waals surface area contributed by atoms with Crippen molar-refractivity contribution in [3.63, 3.8) is 0 Å². The van der Waals surface area contributed by atoms with Crippen molar-refractivity contribution in [2.75, 3.05) is 26.7 Å². The molecular weight excluding hydrogens is 381 g/mol. The van der Waals surface area contributed by atoms with Crippen LogP contribution in [0.15, 0.2) is 4.99 Å². The molecule has 0 aromatic heterocycles. The summed E-state index contributed by atoms with van der Waals surface area (Å²) in [5.74, 6) is 1.62. The van der Waals surface area contributed by atoms with Crippen LogP contribution in [-0.2, 0) is 9.53 Å². The highest BCUT2D eigenvalue weighted by Crippen LogP contribution is 2.28. The number of nitrogens with zero attached hydrogens (tertiary/aromatic N) is 2. The zero-order valence-corrected chi connectivity index (χ0v) is 15.8. The van der Waals surface area contributed by atoms with Gasteiger partial charge < -0.3 is 15.0 Å². The van der Waals surface area contributed by atoms with Crippen molar-refractivity contribution in [2.24, 2.45) is 16.8 Å². The van der Waals surface area contributed by atoms with E-state index in [0.717, 1.165) is 31.4 Å². The lowest BCUT2D eigenvalue weighted by Crippen LogP contribution is -2.41. The number of hydrogen-bond donors (Lipinski definition) is 1. The van der Waals surface area contributed by atoms with Crippen molar-refractivity contribution >= 4 is 35.9 Å². The fraction of sp³-hybridized carbons (Fsp3) is 0.867. The molecule has 2 fully saturated rings. The predicted octanol–water partition coefficient (Wildman–Crippen LogP) is 2.25. The summed E-state index contributed by atoms with van der Waals surface area (Å²) in [7, 11) is 1.80. The maximum atomic E-state index is 12.1. The zero-order valence-electron chi connectivity index (χ0n) is 13.5. The highest BCUT2D eigenvalue weighted by atomic mass is 127. The van der Waals surface area contributed by atoms with Gasteiger partial charge in [0.05, 0.1) is 5.92 Å². The Morgan fingerprint density at radius 2 is 2.00 bits per heavy atom. The summed E-state index contributed by atoms with van der Waals surface area (Å²) in [4.78, 5) is 18.6. The molecule has 0 radical (unpaired) electrons. The van der Waals surface area contributed by atoms with Crippen LogP contribution in [0.5, 0.6) is 0 Å². The van der Waals surface area contributed by atoms with E-state index in [-0.39, 0.29) is 35.9 Å². The van der Waals surface area contributed by atoms with Gasteiger partial charge in [0.15, 0.2) is 5.96 Å². The second kappa shape index (κ2) is 7.65. The van der Waals surface area contributed by atoms with Gasteiger partial charge in [0.2, 0.25) is 0 Å². The summed E-state index contributed by atoms with van der Waals surface area (Å²) < 4.78 is 5.47. The van der Waals surface area contributed by atoms with Gasteiger partial charge in [0.1, 0.15) is 5.60 Å². The number of hydrogen-bond acceptors (Lipinski definition) is 3. The highest BCUT2D eigenvalue weighted by Gasteiger charge is 2.33. The lowest BCUT2D eigenvalue weighted by molar-refractivity contribution is -0.159. The normalized spacial score (nSPS) is 22.8. The molecule has 0 bridgehead atoms. The van der Waals surface area contributed by atoms with Crippen molar-refractivity contribution in [2.45, 2.75) is 45.6 Å². The van der Waals surface area contributed by atoms with E-state index in [1.807, 2.05) is 20.8 Å². The molecule has 2 aliphatic rings. The van der Waals surface area contributed by atoms with E-state index in [4.69, 9.17) is 4.74 Å². The van der Waals surface area contributed by atoms with Crippen LogP contribution < -0.4 is 5.32 Å². The van der Waals surface area contributed by atoms with Crippen LogP contribution in [0.4, 0.5) is 0 Å². The predicted molar refractivity (Wildman–Crippen MR) is 95.0 cm³/mol. The van der Waals surface area contributed by atoms with E-state index < -0.39 is 5.60 Å². The number of esters is 1. The van der Waals surface area contributed by atoms with Crippen molar-refractivity contribution in [3.05, 3.63) is 0 Å². The van der Waals surface area contributed by atoms with Crippen molar-refractivity contribution in [1.82, 2.24) is 10.2 Å². The molecule has 1 saturated carbocycles. The lowest BCUT2D eigenvalue weighted by atomic mass is 10.1. The van der Waals surface area contributed by atoms with Crippen molar-refractivity contribution < 1.29 is 9.53 Å². The molecule has 0 spiro atoms. The Balaban J connectivity index is 0.00000220. The van der Waals surface area contributed by atoms with Crippen molar-refractivity contribution in [1.29, 1.82) is 0 Å². The third-order valence-electron chi connectivity index (χ3n) is 3.69.